The van der Waals surface area contributed by atoms with Crippen molar-refractivity contribution in [3.8, 4) is 16.9 Å². The Morgan fingerprint density at radius 3 is 2.21 bits per heavy atom. The van der Waals surface area contributed by atoms with E-state index in [1.165, 1.54) is 39.0 Å². The highest BCUT2D eigenvalue weighted by Gasteiger charge is 2.09. The maximum atomic E-state index is 9.11. The Bertz CT molecular complexity index is 1030. The molecule has 184 valence electrons. The van der Waals surface area contributed by atoms with Crippen molar-refractivity contribution in [2.45, 2.75) is 60.8 Å². The minimum atomic E-state index is 0.00193. The summed E-state index contributed by atoms with van der Waals surface area (Å²) in [6.45, 7) is 14.2. The van der Waals surface area contributed by atoms with Gasteiger partial charge in [-0.1, -0.05) is 61.4 Å². The summed E-state index contributed by atoms with van der Waals surface area (Å²) in [5.41, 5.74) is 11.4. The fourth-order valence-corrected chi connectivity index (χ4v) is 4.18. The number of aliphatic hydroxyl groups is 1. The quantitative estimate of drug-likeness (QED) is 0.328. The molecular formula is C31H42O3. The Balaban J connectivity index is 2.33. The maximum absolute atomic E-state index is 9.11. The molecule has 0 aliphatic carbocycles. The van der Waals surface area contributed by atoms with Crippen LogP contribution in [0.2, 0.25) is 0 Å². The van der Waals surface area contributed by atoms with Crippen molar-refractivity contribution in [1.29, 1.82) is 0 Å². The van der Waals surface area contributed by atoms with Gasteiger partial charge in [0.1, 0.15) is 12.4 Å². The molecule has 0 radical (unpaired) electrons. The van der Waals surface area contributed by atoms with Crippen molar-refractivity contribution in [2.75, 3.05) is 26.9 Å². The Morgan fingerprint density at radius 2 is 1.59 bits per heavy atom. The van der Waals surface area contributed by atoms with Gasteiger partial charge in [0, 0.05) is 7.11 Å². The van der Waals surface area contributed by atoms with Crippen LogP contribution in [-0.4, -0.2) is 32.0 Å². The van der Waals surface area contributed by atoms with Gasteiger partial charge in [0.05, 0.1) is 13.2 Å². The number of aliphatic hydroxyl groups excluding tert-OH is 1. The van der Waals surface area contributed by atoms with Crippen LogP contribution in [-0.2, 0) is 11.2 Å². The van der Waals surface area contributed by atoms with E-state index in [9.17, 15) is 0 Å². The first kappa shape index (κ1) is 27.6. The lowest BCUT2D eigenvalue weighted by Gasteiger charge is -2.14. The van der Waals surface area contributed by atoms with Crippen LogP contribution in [0.25, 0.3) is 17.2 Å². The highest BCUT2D eigenvalue weighted by atomic mass is 16.5. The maximum Gasteiger partial charge on any atom is 0.122 e. The molecule has 0 spiro atoms. The SMILES string of the molecule is CCC(CC)=C(C)/C=C(C)/C(C)=C/c1ccc(-c2ccc(OCCO)c(CCOC)c2)cc1C. The van der Waals surface area contributed by atoms with Gasteiger partial charge in [-0.25, -0.2) is 0 Å². The summed E-state index contributed by atoms with van der Waals surface area (Å²) >= 11 is 0. The summed E-state index contributed by atoms with van der Waals surface area (Å²) in [5.74, 6) is 0.808. The van der Waals surface area contributed by atoms with Crippen molar-refractivity contribution < 1.29 is 14.6 Å². The first-order valence-electron chi connectivity index (χ1n) is 12.4. The third-order valence-electron chi connectivity index (χ3n) is 6.43. The van der Waals surface area contributed by atoms with E-state index in [1.54, 1.807) is 7.11 Å². The van der Waals surface area contributed by atoms with Gasteiger partial charge in [-0.2, -0.15) is 0 Å². The summed E-state index contributed by atoms with van der Waals surface area (Å²) in [7, 11) is 1.71. The monoisotopic (exact) mass is 462 g/mol. The van der Waals surface area contributed by atoms with Gasteiger partial charge in [-0.15, -0.1) is 0 Å². The molecule has 0 aliphatic heterocycles. The van der Waals surface area contributed by atoms with E-state index in [4.69, 9.17) is 14.6 Å². The third-order valence-corrected chi connectivity index (χ3v) is 6.43. The van der Waals surface area contributed by atoms with Crippen LogP contribution in [0.15, 0.2) is 64.8 Å². The van der Waals surface area contributed by atoms with Crippen LogP contribution in [0.5, 0.6) is 5.75 Å². The van der Waals surface area contributed by atoms with Crippen molar-refractivity contribution >= 4 is 6.08 Å². The Kier molecular flexibility index (Phi) is 11.3. The third kappa shape index (κ3) is 7.72. The summed E-state index contributed by atoms with van der Waals surface area (Å²) in [6, 6.07) is 12.9. The summed E-state index contributed by atoms with van der Waals surface area (Å²) in [4.78, 5) is 0. The van der Waals surface area contributed by atoms with Crippen LogP contribution < -0.4 is 4.74 Å². The van der Waals surface area contributed by atoms with Gasteiger partial charge in [0.25, 0.3) is 0 Å². The molecule has 0 aromatic heterocycles. The van der Waals surface area contributed by atoms with E-state index in [0.29, 0.717) is 13.2 Å². The van der Waals surface area contributed by atoms with Crippen molar-refractivity contribution in [1.82, 2.24) is 0 Å². The normalized spacial score (nSPS) is 12.1. The molecule has 0 amide bonds. The van der Waals surface area contributed by atoms with Gasteiger partial charge in [0.2, 0.25) is 0 Å². The summed E-state index contributed by atoms with van der Waals surface area (Å²) in [6.07, 6.45) is 7.58. The van der Waals surface area contributed by atoms with Crippen molar-refractivity contribution in [3.63, 3.8) is 0 Å². The van der Waals surface area contributed by atoms with Gasteiger partial charge >= 0.3 is 0 Å². The molecule has 0 fully saturated rings. The number of benzene rings is 2. The zero-order valence-electron chi connectivity index (χ0n) is 22.1. The molecule has 2 rings (SSSR count). The molecule has 3 nitrogen and oxygen atoms in total. The first-order chi connectivity index (χ1) is 16.3. The molecule has 2 aromatic rings. The van der Waals surface area contributed by atoms with E-state index >= 15 is 0 Å². The predicted octanol–water partition coefficient (Wildman–Crippen LogP) is 7.71. The fraction of sp³-hybridized carbons (Fsp3) is 0.419. The molecule has 3 heteroatoms. The smallest absolute Gasteiger partial charge is 0.122 e. The van der Waals surface area contributed by atoms with Gasteiger partial charge in [0.15, 0.2) is 0 Å². The Labute approximate surface area is 206 Å². The van der Waals surface area contributed by atoms with E-state index in [-0.39, 0.29) is 6.61 Å². The van der Waals surface area contributed by atoms with Gasteiger partial charge < -0.3 is 14.6 Å². The molecule has 0 saturated heterocycles. The number of hydrogen-bond donors (Lipinski definition) is 1. The number of methoxy groups -OCH3 is 1. The first-order valence-corrected chi connectivity index (χ1v) is 12.4. The highest BCUT2D eigenvalue weighted by molar-refractivity contribution is 5.70. The number of aryl methyl sites for hydroxylation is 1. The molecule has 0 heterocycles. The van der Waals surface area contributed by atoms with Crippen LogP contribution in [0.1, 0.15) is 64.2 Å². The fourth-order valence-electron chi connectivity index (χ4n) is 4.18. The zero-order valence-corrected chi connectivity index (χ0v) is 22.1. The van der Waals surface area contributed by atoms with Crippen molar-refractivity contribution in [2.24, 2.45) is 0 Å². The standard InChI is InChI=1S/C31H42O3/c1-8-26(9-2)24(5)18-22(3)23(4)19-27-10-11-28(20-25(27)6)29-12-13-31(34-17-15-32)30(21-29)14-16-33-7/h10-13,18-21,32H,8-9,14-17H2,1-7H3/b22-18+,23-19+. The second kappa shape index (κ2) is 13.9. The van der Waals surface area contributed by atoms with E-state index in [0.717, 1.165) is 36.1 Å². The molecule has 34 heavy (non-hydrogen) atoms. The molecule has 0 aliphatic rings. The lowest BCUT2D eigenvalue weighted by Crippen LogP contribution is -2.05. The number of rotatable bonds is 12. The minimum absolute atomic E-state index is 0.00193. The molecular weight excluding hydrogens is 420 g/mol. The van der Waals surface area contributed by atoms with Gasteiger partial charge in [-0.3, -0.25) is 0 Å². The lowest BCUT2D eigenvalue weighted by molar-refractivity contribution is 0.192. The topological polar surface area (TPSA) is 38.7 Å². The average molecular weight is 463 g/mol. The second-order valence-corrected chi connectivity index (χ2v) is 8.86. The van der Waals surface area contributed by atoms with Crippen LogP contribution in [0, 0.1) is 6.92 Å². The zero-order chi connectivity index (χ0) is 25.1. The molecule has 0 bridgehead atoms. The Morgan fingerprint density at radius 1 is 0.912 bits per heavy atom. The second-order valence-electron chi connectivity index (χ2n) is 8.86. The Hall–Kier alpha value is -2.62. The molecule has 0 atom stereocenters. The van der Waals surface area contributed by atoms with E-state index in [2.05, 4.69) is 84.0 Å². The van der Waals surface area contributed by atoms with Crippen LogP contribution in [0.3, 0.4) is 0 Å². The summed E-state index contributed by atoms with van der Waals surface area (Å²) < 4.78 is 11.0. The molecule has 0 unspecified atom stereocenters. The molecule has 1 N–H and O–H groups in total. The van der Waals surface area contributed by atoms with Crippen LogP contribution in [0.4, 0.5) is 0 Å². The predicted molar refractivity (Wildman–Crippen MR) is 145 cm³/mol. The van der Waals surface area contributed by atoms with E-state index in [1.807, 2.05) is 6.07 Å². The number of hydrogen-bond acceptors (Lipinski definition) is 3. The minimum Gasteiger partial charge on any atom is -0.491 e. The highest BCUT2D eigenvalue weighted by Crippen LogP contribution is 2.30. The lowest BCUT2D eigenvalue weighted by atomic mass is 9.95. The molecule has 2 aromatic carbocycles. The molecule has 0 saturated carbocycles. The number of ether oxygens (including phenoxy) is 2. The van der Waals surface area contributed by atoms with Crippen molar-refractivity contribution in [3.05, 3.63) is 81.5 Å². The average Bonchev–Trinajstić information content (AvgIpc) is 2.83. The number of allylic oxidation sites excluding steroid dienone is 5. The van der Waals surface area contributed by atoms with E-state index < -0.39 is 0 Å². The summed E-state index contributed by atoms with van der Waals surface area (Å²) in [5, 5.41) is 9.11. The largest absolute Gasteiger partial charge is 0.491 e. The van der Waals surface area contributed by atoms with Gasteiger partial charge in [-0.05, 0) is 98.1 Å². The van der Waals surface area contributed by atoms with Crippen LogP contribution >= 0.6 is 0 Å².